The second-order valence-corrected chi connectivity index (χ2v) is 8.35. The summed E-state index contributed by atoms with van der Waals surface area (Å²) in [7, 11) is 2.05. The molecule has 1 saturated heterocycles. The quantitative estimate of drug-likeness (QED) is 0.544. The van der Waals surface area contributed by atoms with E-state index < -0.39 is 0 Å². The third kappa shape index (κ3) is 7.15. The molecule has 3 N–H and O–H groups in total. The second-order valence-electron chi connectivity index (χ2n) is 8.35. The number of hydrogen-bond donors (Lipinski definition) is 3. The first kappa shape index (κ1) is 22.9. The first-order valence-corrected chi connectivity index (χ1v) is 11.0. The molecule has 0 spiro atoms. The highest BCUT2D eigenvalue weighted by molar-refractivity contribution is 5.91. The van der Waals surface area contributed by atoms with Crippen molar-refractivity contribution in [2.45, 2.75) is 19.9 Å². The molecular formula is C24H33FN4O2+2. The van der Waals surface area contributed by atoms with E-state index in [1.807, 2.05) is 11.9 Å². The van der Waals surface area contributed by atoms with Crippen molar-refractivity contribution in [2.75, 3.05) is 51.6 Å². The third-order valence-corrected chi connectivity index (χ3v) is 5.73. The van der Waals surface area contributed by atoms with Crippen molar-refractivity contribution < 1.29 is 23.8 Å². The zero-order valence-corrected chi connectivity index (χ0v) is 18.4. The highest BCUT2D eigenvalue weighted by Gasteiger charge is 2.26. The van der Waals surface area contributed by atoms with Gasteiger partial charge in [-0.3, -0.25) is 9.59 Å². The molecule has 0 aromatic heterocycles. The SMILES string of the molecule is CCc1ccc(C[NH+](C)CC(=O)N2CC[NH+](CC(=O)Nc3cccc(F)c3)CC2)cc1. The third-order valence-electron chi connectivity index (χ3n) is 5.73. The Morgan fingerprint density at radius 1 is 1.10 bits per heavy atom. The molecule has 1 aliphatic rings. The molecule has 1 heterocycles. The van der Waals surface area contributed by atoms with Crippen LogP contribution >= 0.6 is 0 Å². The largest absolute Gasteiger partial charge is 0.327 e. The molecule has 31 heavy (non-hydrogen) atoms. The summed E-state index contributed by atoms with van der Waals surface area (Å²) < 4.78 is 13.2. The lowest BCUT2D eigenvalue weighted by molar-refractivity contribution is -0.896. The average Bonchev–Trinajstić information content (AvgIpc) is 2.74. The molecule has 2 aromatic rings. The molecular weight excluding hydrogens is 395 g/mol. The fraction of sp³-hybridized carbons (Fsp3) is 0.417. The van der Waals surface area contributed by atoms with Gasteiger partial charge in [-0.2, -0.15) is 0 Å². The van der Waals surface area contributed by atoms with Crippen LogP contribution in [0.15, 0.2) is 48.5 Å². The maximum Gasteiger partial charge on any atom is 0.279 e. The Hall–Kier alpha value is -2.77. The van der Waals surface area contributed by atoms with E-state index in [9.17, 15) is 14.0 Å². The van der Waals surface area contributed by atoms with Crippen molar-refractivity contribution >= 4 is 17.5 Å². The number of nitrogens with zero attached hydrogens (tertiary/aromatic N) is 1. The lowest BCUT2D eigenvalue weighted by Crippen LogP contribution is -3.16. The van der Waals surface area contributed by atoms with Gasteiger partial charge in [0.1, 0.15) is 12.4 Å². The van der Waals surface area contributed by atoms with Gasteiger partial charge in [-0.25, -0.2) is 4.39 Å². The van der Waals surface area contributed by atoms with Crippen molar-refractivity contribution in [3.63, 3.8) is 0 Å². The molecule has 1 unspecified atom stereocenters. The zero-order chi connectivity index (χ0) is 22.2. The topological polar surface area (TPSA) is 58.3 Å². The number of piperazine rings is 1. The van der Waals surface area contributed by atoms with Gasteiger partial charge in [-0.1, -0.05) is 37.3 Å². The summed E-state index contributed by atoms with van der Waals surface area (Å²) in [6.07, 6.45) is 1.03. The smallest absolute Gasteiger partial charge is 0.279 e. The summed E-state index contributed by atoms with van der Waals surface area (Å²) in [5.74, 6) is -0.355. The Morgan fingerprint density at radius 3 is 2.42 bits per heavy atom. The van der Waals surface area contributed by atoms with Gasteiger partial charge in [-0.05, 0) is 30.2 Å². The monoisotopic (exact) mass is 428 g/mol. The van der Waals surface area contributed by atoms with E-state index in [0.717, 1.165) is 31.0 Å². The number of carbonyl (C=O) groups is 2. The molecule has 166 valence electrons. The second kappa shape index (κ2) is 11.0. The summed E-state index contributed by atoms with van der Waals surface area (Å²) in [4.78, 5) is 29.1. The van der Waals surface area contributed by atoms with Crippen LogP contribution in [0.4, 0.5) is 10.1 Å². The highest BCUT2D eigenvalue weighted by Crippen LogP contribution is 2.08. The van der Waals surface area contributed by atoms with Crippen molar-refractivity contribution in [1.29, 1.82) is 0 Å². The van der Waals surface area contributed by atoms with Gasteiger partial charge < -0.3 is 20.0 Å². The molecule has 1 aliphatic heterocycles. The molecule has 0 bridgehead atoms. The van der Waals surface area contributed by atoms with Crippen LogP contribution in [0.5, 0.6) is 0 Å². The van der Waals surface area contributed by atoms with E-state index >= 15 is 0 Å². The van der Waals surface area contributed by atoms with Crippen LogP contribution in [0, 0.1) is 5.82 Å². The van der Waals surface area contributed by atoms with Crippen LogP contribution in [-0.4, -0.2) is 63.0 Å². The minimum absolute atomic E-state index is 0.140. The van der Waals surface area contributed by atoms with Crippen molar-refractivity contribution in [3.05, 3.63) is 65.5 Å². The fourth-order valence-corrected chi connectivity index (χ4v) is 3.92. The van der Waals surface area contributed by atoms with E-state index in [0.29, 0.717) is 31.9 Å². The number of anilines is 1. The number of quaternary nitrogens is 2. The van der Waals surface area contributed by atoms with Crippen LogP contribution in [0.1, 0.15) is 18.1 Å². The average molecular weight is 429 g/mol. The number of carbonyl (C=O) groups excluding carboxylic acids is 2. The van der Waals surface area contributed by atoms with E-state index in [-0.39, 0.29) is 17.6 Å². The number of hydrogen-bond acceptors (Lipinski definition) is 2. The minimum Gasteiger partial charge on any atom is -0.327 e. The summed E-state index contributed by atoms with van der Waals surface area (Å²) in [6, 6.07) is 14.5. The standard InChI is InChI=1S/C24H31FN4O2/c1-3-19-7-9-20(10-8-19)16-27(2)18-24(31)29-13-11-28(12-14-29)17-23(30)26-22-6-4-5-21(25)15-22/h4-10,15H,3,11-14,16-18H2,1-2H3,(H,26,30)/p+2. The molecule has 1 fully saturated rings. The molecule has 3 rings (SSSR count). The zero-order valence-electron chi connectivity index (χ0n) is 18.4. The number of benzene rings is 2. The number of rotatable bonds is 8. The number of likely N-dealkylation sites (N-methyl/N-ethyl adjacent to an activating group) is 1. The molecule has 1 atom stereocenters. The Kier molecular flexibility index (Phi) is 8.14. The number of amides is 2. The first-order chi connectivity index (χ1) is 14.9. The van der Waals surface area contributed by atoms with E-state index in [2.05, 4.69) is 36.5 Å². The highest BCUT2D eigenvalue weighted by atomic mass is 19.1. The molecule has 7 heteroatoms. The van der Waals surface area contributed by atoms with Gasteiger partial charge in [0.05, 0.1) is 33.2 Å². The van der Waals surface area contributed by atoms with Gasteiger partial charge in [0.15, 0.2) is 13.1 Å². The van der Waals surface area contributed by atoms with Crippen LogP contribution in [0.3, 0.4) is 0 Å². The normalized spacial score (nSPS) is 15.5. The molecule has 2 amide bonds. The van der Waals surface area contributed by atoms with E-state index in [1.165, 1.54) is 28.2 Å². The molecule has 0 aliphatic carbocycles. The summed E-state index contributed by atoms with van der Waals surface area (Å²) in [5, 5.41) is 2.74. The summed E-state index contributed by atoms with van der Waals surface area (Å²) >= 11 is 0. The van der Waals surface area contributed by atoms with E-state index in [1.54, 1.807) is 12.1 Å². The number of halogens is 1. The van der Waals surface area contributed by atoms with E-state index in [4.69, 9.17) is 0 Å². The van der Waals surface area contributed by atoms with Crippen LogP contribution in [-0.2, 0) is 22.6 Å². The maximum absolute atomic E-state index is 13.2. The van der Waals surface area contributed by atoms with Gasteiger partial charge in [0, 0.05) is 11.3 Å². The Balaban J connectivity index is 1.39. The maximum atomic E-state index is 13.2. The van der Waals surface area contributed by atoms with Crippen LogP contribution < -0.4 is 15.1 Å². The van der Waals surface area contributed by atoms with Crippen LogP contribution in [0.2, 0.25) is 0 Å². The molecule has 6 nitrogen and oxygen atoms in total. The Bertz CT molecular complexity index is 879. The fourth-order valence-electron chi connectivity index (χ4n) is 3.92. The van der Waals surface area contributed by atoms with Gasteiger partial charge in [0.2, 0.25) is 0 Å². The van der Waals surface area contributed by atoms with Crippen LogP contribution in [0.25, 0.3) is 0 Å². The van der Waals surface area contributed by atoms with Crippen molar-refractivity contribution in [2.24, 2.45) is 0 Å². The number of nitrogens with one attached hydrogen (secondary N) is 3. The number of aryl methyl sites for hydroxylation is 1. The lowest BCUT2D eigenvalue weighted by Gasteiger charge is -2.32. The van der Waals surface area contributed by atoms with Crippen molar-refractivity contribution in [1.82, 2.24) is 4.90 Å². The molecule has 2 aromatic carbocycles. The lowest BCUT2D eigenvalue weighted by atomic mass is 10.1. The Labute approximate surface area is 183 Å². The van der Waals surface area contributed by atoms with Gasteiger partial charge in [-0.15, -0.1) is 0 Å². The Morgan fingerprint density at radius 2 is 1.77 bits per heavy atom. The summed E-state index contributed by atoms with van der Waals surface area (Å²) in [6.45, 7) is 6.52. The first-order valence-electron chi connectivity index (χ1n) is 11.0. The summed E-state index contributed by atoms with van der Waals surface area (Å²) in [5.41, 5.74) is 3.03. The minimum atomic E-state index is -0.373. The predicted molar refractivity (Wildman–Crippen MR) is 118 cm³/mol. The molecule has 0 saturated carbocycles. The van der Waals surface area contributed by atoms with Gasteiger partial charge in [0.25, 0.3) is 11.8 Å². The van der Waals surface area contributed by atoms with Crippen molar-refractivity contribution in [3.8, 4) is 0 Å². The predicted octanol–water partition coefficient (Wildman–Crippen LogP) is -0.231. The van der Waals surface area contributed by atoms with Gasteiger partial charge >= 0.3 is 0 Å². The molecule has 0 radical (unpaired) electrons.